The summed E-state index contributed by atoms with van der Waals surface area (Å²) in [6.07, 6.45) is 0. The second kappa shape index (κ2) is 4.13. The lowest BCUT2D eigenvalue weighted by Crippen LogP contribution is -2.39. The summed E-state index contributed by atoms with van der Waals surface area (Å²) in [6.45, 7) is 0.126. The van der Waals surface area contributed by atoms with Crippen LogP contribution >= 0.6 is 15.9 Å². The van der Waals surface area contributed by atoms with Crippen molar-refractivity contribution >= 4 is 33.6 Å². The van der Waals surface area contributed by atoms with Crippen molar-refractivity contribution < 1.29 is 14.7 Å². The number of nitrogens with one attached hydrogen (secondary N) is 1. The molecular formula is C10H9BrN2O3. The van der Waals surface area contributed by atoms with E-state index in [0.717, 1.165) is 4.47 Å². The zero-order chi connectivity index (χ0) is 11.7. The van der Waals surface area contributed by atoms with Gasteiger partial charge in [-0.3, -0.25) is 4.90 Å². The van der Waals surface area contributed by atoms with Crippen LogP contribution in [0.2, 0.25) is 0 Å². The third-order valence-electron chi connectivity index (χ3n) is 2.35. The molecule has 1 saturated heterocycles. The van der Waals surface area contributed by atoms with E-state index in [1.807, 2.05) is 6.07 Å². The molecule has 1 aromatic carbocycles. The van der Waals surface area contributed by atoms with E-state index in [2.05, 4.69) is 21.2 Å². The van der Waals surface area contributed by atoms with Crippen LogP contribution in [0.3, 0.4) is 0 Å². The lowest BCUT2D eigenvalue weighted by atomic mass is 10.2. The fourth-order valence-corrected chi connectivity index (χ4v) is 2.01. The van der Waals surface area contributed by atoms with E-state index >= 15 is 0 Å². The zero-order valence-corrected chi connectivity index (χ0v) is 9.77. The minimum atomic E-state index is -1.02. The summed E-state index contributed by atoms with van der Waals surface area (Å²) in [5.41, 5.74) is 0.566. The van der Waals surface area contributed by atoms with Gasteiger partial charge in [-0.05, 0) is 18.2 Å². The molecule has 2 N–H and O–H groups in total. The van der Waals surface area contributed by atoms with Crippen LogP contribution < -0.4 is 10.2 Å². The van der Waals surface area contributed by atoms with Crippen molar-refractivity contribution in [1.29, 1.82) is 0 Å². The molecule has 0 aliphatic carbocycles. The number of carboxylic acid groups (broad SMARTS) is 1. The fourth-order valence-electron chi connectivity index (χ4n) is 1.62. The second-order valence-electron chi connectivity index (χ2n) is 3.39. The summed E-state index contributed by atoms with van der Waals surface area (Å²) in [5, 5.41) is 11.5. The van der Waals surface area contributed by atoms with Crippen LogP contribution in [0.1, 0.15) is 0 Å². The largest absolute Gasteiger partial charge is 0.480 e. The van der Waals surface area contributed by atoms with Gasteiger partial charge in [0.1, 0.15) is 0 Å². The molecule has 1 aliphatic heterocycles. The standard InChI is InChI=1S/C10H9BrN2O3/c11-6-2-1-3-7(4-6)13-8(9(14)15)5-12-10(13)16/h1-4,8H,5H2,(H,12,16)(H,14,15). The van der Waals surface area contributed by atoms with Gasteiger partial charge >= 0.3 is 12.0 Å². The molecule has 2 amide bonds. The van der Waals surface area contributed by atoms with E-state index in [1.54, 1.807) is 18.2 Å². The van der Waals surface area contributed by atoms with Gasteiger partial charge in [-0.15, -0.1) is 0 Å². The molecule has 1 aromatic rings. The number of aliphatic carboxylic acids is 1. The van der Waals surface area contributed by atoms with Crippen molar-refractivity contribution in [2.75, 3.05) is 11.4 Å². The Labute approximate surface area is 100 Å². The smallest absolute Gasteiger partial charge is 0.328 e. The molecule has 2 rings (SSSR count). The monoisotopic (exact) mass is 284 g/mol. The van der Waals surface area contributed by atoms with Crippen molar-refractivity contribution in [3.8, 4) is 0 Å². The molecule has 1 unspecified atom stereocenters. The SMILES string of the molecule is O=C(O)C1CNC(=O)N1c1cccc(Br)c1. The molecule has 0 saturated carbocycles. The van der Waals surface area contributed by atoms with Gasteiger partial charge in [0.25, 0.3) is 0 Å². The third kappa shape index (κ3) is 1.88. The molecule has 0 radical (unpaired) electrons. The summed E-state index contributed by atoms with van der Waals surface area (Å²) >= 11 is 3.28. The molecule has 0 aromatic heterocycles. The van der Waals surface area contributed by atoms with Crippen LogP contribution in [0.15, 0.2) is 28.7 Å². The average Bonchev–Trinajstić information content (AvgIpc) is 2.60. The summed E-state index contributed by atoms with van der Waals surface area (Å²) in [5.74, 6) is -1.02. The highest BCUT2D eigenvalue weighted by Gasteiger charge is 2.36. The minimum Gasteiger partial charge on any atom is -0.480 e. The highest BCUT2D eigenvalue weighted by Crippen LogP contribution is 2.24. The first-order chi connectivity index (χ1) is 7.59. The molecule has 1 aliphatic rings. The van der Waals surface area contributed by atoms with E-state index in [-0.39, 0.29) is 12.6 Å². The maximum atomic E-state index is 11.5. The normalized spacial score (nSPS) is 19.7. The van der Waals surface area contributed by atoms with Gasteiger partial charge in [0.05, 0.1) is 6.54 Å². The number of carbonyl (C=O) groups is 2. The Hall–Kier alpha value is -1.56. The molecule has 6 heteroatoms. The first-order valence-electron chi connectivity index (χ1n) is 4.65. The maximum Gasteiger partial charge on any atom is 0.328 e. The van der Waals surface area contributed by atoms with Crippen molar-refractivity contribution in [2.45, 2.75) is 6.04 Å². The zero-order valence-electron chi connectivity index (χ0n) is 8.18. The Morgan fingerprint density at radius 2 is 2.31 bits per heavy atom. The lowest BCUT2D eigenvalue weighted by Gasteiger charge is -2.19. The van der Waals surface area contributed by atoms with Gasteiger partial charge in [0.15, 0.2) is 6.04 Å². The number of hydrogen-bond donors (Lipinski definition) is 2. The number of benzene rings is 1. The van der Waals surface area contributed by atoms with Crippen LogP contribution in [0.4, 0.5) is 10.5 Å². The summed E-state index contributed by atoms with van der Waals surface area (Å²) < 4.78 is 0.800. The quantitative estimate of drug-likeness (QED) is 0.863. The summed E-state index contributed by atoms with van der Waals surface area (Å²) in [4.78, 5) is 23.8. The number of carbonyl (C=O) groups excluding carboxylic acids is 1. The number of nitrogens with zero attached hydrogens (tertiary/aromatic N) is 1. The predicted molar refractivity (Wildman–Crippen MR) is 61.4 cm³/mol. The van der Waals surface area contributed by atoms with Gasteiger partial charge in [0.2, 0.25) is 0 Å². The van der Waals surface area contributed by atoms with E-state index in [1.165, 1.54) is 4.90 Å². The van der Waals surface area contributed by atoms with Crippen LogP contribution in [-0.4, -0.2) is 29.7 Å². The predicted octanol–water partition coefficient (Wildman–Crippen LogP) is 1.43. The first kappa shape index (κ1) is 10.9. The topological polar surface area (TPSA) is 69.6 Å². The molecule has 1 atom stereocenters. The Balaban J connectivity index is 2.37. The van der Waals surface area contributed by atoms with E-state index in [4.69, 9.17) is 5.11 Å². The number of urea groups is 1. The van der Waals surface area contributed by atoms with Gasteiger partial charge in [-0.25, -0.2) is 9.59 Å². The summed E-state index contributed by atoms with van der Waals surface area (Å²) in [6, 6.07) is 5.75. The average molecular weight is 285 g/mol. The molecular weight excluding hydrogens is 276 g/mol. The Kier molecular flexibility index (Phi) is 2.82. The Bertz CT molecular complexity index is 449. The summed E-state index contributed by atoms with van der Waals surface area (Å²) in [7, 11) is 0. The molecule has 1 fully saturated rings. The maximum absolute atomic E-state index is 11.5. The van der Waals surface area contributed by atoms with Gasteiger partial charge < -0.3 is 10.4 Å². The molecule has 84 valence electrons. The molecule has 5 nitrogen and oxygen atoms in total. The molecule has 16 heavy (non-hydrogen) atoms. The fraction of sp³-hybridized carbons (Fsp3) is 0.200. The van der Waals surface area contributed by atoms with Crippen LogP contribution in [-0.2, 0) is 4.79 Å². The molecule has 1 heterocycles. The third-order valence-corrected chi connectivity index (χ3v) is 2.84. The number of rotatable bonds is 2. The Morgan fingerprint density at radius 3 is 2.94 bits per heavy atom. The van der Waals surface area contributed by atoms with Gasteiger partial charge in [0, 0.05) is 10.2 Å². The van der Waals surface area contributed by atoms with Crippen molar-refractivity contribution in [3.63, 3.8) is 0 Å². The van der Waals surface area contributed by atoms with E-state index in [9.17, 15) is 9.59 Å². The molecule has 0 bridgehead atoms. The number of amides is 2. The van der Waals surface area contributed by atoms with Crippen LogP contribution in [0.5, 0.6) is 0 Å². The van der Waals surface area contributed by atoms with Gasteiger partial charge in [-0.2, -0.15) is 0 Å². The highest BCUT2D eigenvalue weighted by atomic mass is 79.9. The number of hydrogen-bond acceptors (Lipinski definition) is 2. The second-order valence-corrected chi connectivity index (χ2v) is 4.31. The van der Waals surface area contributed by atoms with E-state index in [0.29, 0.717) is 5.69 Å². The van der Waals surface area contributed by atoms with Crippen molar-refractivity contribution in [3.05, 3.63) is 28.7 Å². The van der Waals surface area contributed by atoms with E-state index < -0.39 is 12.0 Å². The van der Waals surface area contributed by atoms with Crippen molar-refractivity contribution in [1.82, 2.24) is 5.32 Å². The minimum absolute atomic E-state index is 0.126. The van der Waals surface area contributed by atoms with Crippen LogP contribution in [0.25, 0.3) is 0 Å². The van der Waals surface area contributed by atoms with Crippen molar-refractivity contribution in [2.24, 2.45) is 0 Å². The number of carboxylic acids is 1. The highest BCUT2D eigenvalue weighted by molar-refractivity contribution is 9.10. The number of halogens is 1. The van der Waals surface area contributed by atoms with Gasteiger partial charge in [-0.1, -0.05) is 22.0 Å². The lowest BCUT2D eigenvalue weighted by molar-refractivity contribution is -0.137. The van der Waals surface area contributed by atoms with Crippen LogP contribution in [0, 0.1) is 0 Å². The molecule has 0 spiro atoms. The Morgan fingerprint density at radius 1 is 1.56 bits per heavy atom. The first-order valence-corrected chi connectivity index (χ1v) is 5.44. The number of anilines is 1.